The number of nitrogens with zero attached hydrogens (tertiary/aromatic N) is 2. The maximum atomic E-state index is 12.7. The van der Waals surface area contributed by atoms with Crippen LogP contribution in [-0.4, -0.2) is 36.5 Å². The summed E-state index contributed by atoms with van der Waals surface area (Å²) in [6.45, 7) is 5.39. The van der Waals surface area contributed by atoms with Crippen molar-refractivity contribution in [1.82, 2.24) is 9.80 Å². The molecule has 3 heterocycles. The van der Waals surface area contributed by atoms with Crippen LogP contribution in [0.1, 0.15) is 28.7 Å². The van der Waals surface area contributed by atoms with Crippen LogP contribution in [-0.2, 0) is 12.7 Å². The molecule has 2 aliphatic heterocycles. The second-order valence-corrected chi connectivity index (χ2v) is 7.62. The molecule has 0 unspecified atom stereocenters. The Morgan fingerprint density at radius 1 is 1.04 bits per heavy atom. The van der Waals surface area contributed by atoms with Crippen molar-refractivity contribution in [2.45, 2.75) is 25.7 Å². The molecule has 2 fully saturated rings. The summed E-state index contributed by atoms with van der Waals surface area (Å²) in [5.41, 5.74) is 2.66. The van der Waals surface area contributed by atoms with Crippen LogP contribution in [0.2, 0.25) is 0 Å². The fourth-order valence-electron chi connectivity index (χ4n) is 4.70. The number of hydrogen-bond donors (Lipinski definition) is 0. The summed E-state index contributed by atoms with van der Waals surface area (Å²) in [6.07, 6.45) is -4.42. The van der Waals surface area contributed by atoms with E-state index in [1.165, 1.54) is 17.2 Å². The molecule has 0 N–H and O–H groups in total. The van der Waals surface area contributed by atoms with Crippen LogP contribution < -0.4 is 0 Å². The molecule has 0 saturated carbocycles. The number of likely N-dealkylation sites (tertiary alicyclic amines) is 2. The Morgan fingerprint density at radius 2 is 1.75 bits per heavy atom. The fourth-order valence-corrected chi connectivity index (χ4v) is 4.70. The molecule has 28 heavy (non-hydrogen) atoms. The molecule has 0 radical (unpaired) electrons. The molecule has 0 bridgehead atoms. The standard InChI is InChI=1S/C20H23F3N2O.2ClH/c1-13-5-3-4-6-16(13)19-17-12-25(10-14(17)9-24(19)2)11-15-7-8-18(26-15)20(21,22)23;;/h3-8,14,17,19H,9-12H2,1-2H3;2*1H/t14-,17+,19-;;/m0../s1. The minimum atomic E-state index is -4.42. The van der Waals surface area contributed by atoms with Gasteiger partial charge in [-0.2, -0.15) is 13.2 Å². The Morgan fingerprint density at radius 3 is 2.39 bits per heavy atom. The van der Waals surface area contributed by atoms with E-state index in [9.17, 15) is 13.2 Å². The molecular formula is C20H25Cl2F3N2O. The summed E-state index contributed by atoms with van der Waals surface area (Å²) >= 11 is 0. The molecule has 0 aliphatic carbocycles. The maximum absolute atomic E-state index is 12.7. The quantitative estimate of drug-likeness (QED) is 0.660. The van der Waals surface area contributed by atoms with E-state index in [4.69, 9.17) is 4.42 Å². The van der Waals surface area contributed by atoms with Crippen LogP contribution in [0.25, 0.3) is 0 Å². The van der Waals surface area contributed by atoms with E-state index < -0.39 is 11.9 Å². The number of rotatable bonds is 3. The van der Waals surface area contributed by atoms with Gasteiger partial charge in [0.2, 0.25) is 5.76 Å². The zero-order valence-electron chi connectivity index (χ0n) is 15.8. The van der Waals surface area contributed by atoms with E-state index >= 15 is 0 Å². The first-order valence-corrected chi connectivity index (χ1v) is 8.97. The van der Waals surface area contributed by atoms with Crippen LogP contribution in [0.5, 0.6) is 0 Å². The van der Waals surface area contributed by atoms with Gasteiger partial charge in [0, 0.05) is 25.7 Å². The molecule has 1 aromatic heterocycles. The molecule has 8 heteroatoms. The third kappa shape index (κ3) is 4.35. The van der Waals surface area contributed by atoms with Crippen LogP contribution in [0, 0.1) is 18.8 Å². The summed E-state index contributed by atoms with van der Waals surface area (Å²) in [6, 6.07) is 11.3. The first kappa shape index (κ1) is 23.1. The molecule has 2 aromatic rings. The zero-order valence-corrected chi connectivity index (χ0v) is 17.4. The van der Waals surface area contributed by atoms with Gasteiger partial charge in [-0.05, 0) is 49.1 Å². The van der Waals surface area contributed by atoms with Gasteiger partial charge in [-0.15, -0.1) is 24.8 Å². The van der Waals surface area contributed by atoms with E-state index in [-0.39, 0.29) is 24.8 Å². The van der Waals surface area contributed by atoms with Gasteiger partial charge in [0.15, 0.2) is 0 Å². The summed E-state index contributed by atoms with van der Waals surface area (Å²) < 4.78 is 43.1. The van der Waals surface area contributed by atoms with E-state index in [2.05, 4.69) is 48.0 Å². The lowest BCUT2D eigenvalue weighted by molar-refractivity contribution is -0.153. The Kier molecular flexibility index (Phi) is 7.13. The van der Waals surface area contributed by atoms with Crippen molar-refractivity contribution in [3.8, 4) is 0 Å². The van der Waals surface area contributed by atoms with Crippen LogP contribution in [0.15, 0.2) is 40.8 Å². The lowest BCUT2D eigenvalue weighted by Gasteiger charge is -2.27. The van der Waals surface area contributed by atoms with Crippen molar-refractivity contribution < 1.29 is 17.6 Å². The average molecular weight is 437 g/mol. The largest absolute Gasteiger partial charge is 0.455 e. The topological polar surface area (TPSA) is 19.6 Å². The fraction of sp³-hybridized carbons (Fsp3) is 0.500. The zero-order chi connectivity index (χ0) is 18.5. The van der Waals surface area contributed by atoms with Gasteiger partial charge >= 0.3 is 6.18 Å². The predicted octanol–water partition coefficient (Wildman–Crippen LogP) is 5.19. The van der Waals surface area contributed by atoms with E-state index in [1.807, 2.05) is 0 Å². The van der Waals surface area contributed by atoms with Gasteiger partial charge in [-0.3, -0.25) is 9.80 Å². The van der Waals surface area contributed by atoms with Crippen molar-refractivity contribution in [1.29, 1.82) is 0 Å². The highest BCUT2D eigenvalue weighted by Gasteiger charge is 2.46. The Balaban J connectivity index is 0.00000140. The molecule has 156 valence electrons. The predicted molar refractivity (Wildman–Crippen MR) is 107 cm³/mol. The number of halogens is 5. The van der Waals surface area contributed by atoms with Crippen LogP contribution in [0.3, 0.4) is 0 Å². The molecule has 0 spiro atoms. The SMILES string of the molecule is Cc1ccccc1[C@H]1[C@@H]2CN(Cc3ccc(C(F)(F)F)o3)C[C@@H]2CN1C.Cl.Cl. The van der Waals surface area contributed by atoms with Crippen LogP contribution in [0.4, 0.5) is 13.2 Å². The highest BCUT2D eigenvalue weighted by molar-refractivity contribution is 5.85. The molecule has 4 rings (SSSR count). The molecule has 3 atom stereocenters. The minimum Gasteiger partial charge on any atom is -0.455 e. The lowest BCUT2D eigenvalue weighted by Crippen LogP contribution is -2.29. The Bertz CT molecular complexity index is 796. The van der Waals surface area contributed by atoms with Crippen molar-refractivity contribution in [3.05, 3.63) is 59.0 Å². The lowest BCUT2D eigenvalue weighted by atomic mass is 9.88. The van der Waals surface area contributed by atoms with Crippen molar-refractivity contribution >= 4 is 24.8 Å². The van der Waals surface area contributed by atoms with Crippen LogP contribution >= 0.6 is 24.8 Å². The molecule has 0 amide bonds. The monoisotopic (exact) mass is 436 g/mol. The summed E-state index contributed by atoms with van der Waals surface area (Å²) in [5, 5.41) is 0. The summed E-state index contributed by atoms with van der Waals surface area (Å²) in [7, 11) is 2.17. The minimum absolute atomic E-state index is 0. The van der Waals surface area contributed by atoms with Crippen molar-refractivity contribution in [2.24, 2.45) is 11.8 Å². The Labute approximate surface area is 175 Å². The normalized spacial score (nSPS) is 25.2. The van der Waals surface area contributed by atoms with Gasteiger partial charge in [0.1, 0.15) is 5.76 Å². The highest BCUT2D eigenvalue weighted by atomic mass is 35.5. The van der Waals surface area contributed by atoms with Gasteiger partial charge < -0.3 is 4.42 Å². The van der Waals surface area contributed by atoms with Crippen molar-refractivity contribution in [3.63, 3.8) is 0 Å². The number of fused-ring (bicyclic) bond motifs is 1. The van der Waals surface area contributed by atoms with Gasteiger partial charge in [0.25, 0.3) is 0 Å². The number of benzene rings is 1. The summed E-state index contributed by atoms with van der Waals surface area (Å²) in [4.78, 5) is 4.65. The second-order valence-electron chi connectivity index (χ2n) is 7.62. The van der Waals surface area contributed by atoms with E-state index in [0.29, 0.717) is 30.2 Å². The second kappa shape index (κ2) is 8.66. The maximum Gasteiger partial charge on any atom is 0.449 e. The average Bonchev–Trinajstić information content (AvgIpc) is 3.23. The highest BCUT2D eigenvalue weighted by Crippen LogP contribution is 2.45. The Hall–Kier alpha value is -1.21. The first-order chi connectivity index (χ1) is 12.3. The third-order valence-electron chi connectivity index (χ3n) is 5.80. The van der Waals surface area contributed by atoms with Gasteiger partial charge in [0.05, 0.1) is 6.54 Å². The molecule has 1 aromatic carbocycles. The number of furan rings is 1. The molecule has 3 nitrogen and oxygen atoms in total. The molecule has 2 saturated heterocycles. The molecule has 2 aliphatic rings. The summed E-state index contributed by atoms with van der Waals surface area (Å²) in [5.74, 6) is 0.516. The van der Waals surface area contributed by atoms with Gasteiger partial charge in [-0.25, -0.2) is 0 Å². The number of alkyl halides is 3. The van der Waals surface area contributed by atoms with Crippen molar-refractivity contribution in [2.75, 3.05) is 26.7 Å². The number of aryl methyl sites for hydroxylation is 1. The van der Waals surface area contributed by atoms with E-state index in [1.54, 1.807) is 0 Å². The van der Waals surface area contributed by atoms with Gasteiger partial charge in [-0.1, -0.05) is 24.3 Å². The molecular weight excluding hydrogens is 412 g/mol. The smallest absolute Gasteiger partial charge is 0.449 e. The van der Waals surface area contributed by atoms with E-state index in [0.717, 1.165) is 25.7 Å². The first-order valence-electron chi connectivity index (χ1n) is 8.97. The number of hydrogen-bond acceptors (Lipinski definition) is 3. The third-order valence-corrected chi connectivity index (χ3v) is 5.80.